The minimum absolute atomic E-state index is 0.0943. The number of benzene rings is 2. The molecule has 0 heterocycles. The maximum atomic E-state index is 14.7. The first-order valence-corrected chi connectivity index (χ1v) is 7.46. The van der Waals surface area contributed by atoms with E-state index >= 15 is 0 Å². The third-order valence-electron chi connectivity index (χ3n) is 3.35. The van der Waals surface area contributed by atoms with Gasteiger partial charge in [0.15, 0.2) is 0 Å². The number of nitrogens with two attached hydrogens (primary N) is 1. The summed E-state index contributed by atoms with van der Waals surface area (Å²) < 4.78 is 32.8. The summed E-state index contributed by atoms with van der Waals surface area (Å²) in [6.45, 7) is 1.92. The number of esters is 1. The molecule has 2 aromatic carbocycles. The predicted octanol–water partition coefficient (Wildman–Crippen LogP) is 4.24. The Morgan fingerprint density at radius 3 is 2.70 bits per heavy atom. The van der Waals surface area contributed by atoms with Crippen LogP contribution in [0.1, 0.15) is 24.9 Å². The largest absolute Gasteiger partial charge is 0.466 e. The van der Waals surface area contributed by atoms with E-state index in [1.54, 1.807) is 19.1 Å². The van der Waals surface area contributed by atoms with Crippen LogP contribution in [0.15, 0.2) is 36.4 Å². The van der Waals surface area contributed by atoms with Crippen molar-refractivity contribution >= 4 is 17.6 Å². The zero-order valence-electron chi connectivity index (χ0n) is 12.5. The molecule has 23 heavy (non-hydrogen) atoms. The summed E-state index contributed by atoms with van der Waals surface area (Å²) in [5, 5.41) is -0.0943. The van der Waals surface area contributed by atoms with Gasteiger partial charge in [0.2, 0.25) is 0 Å². The molecule has 0 amide bonds. The second kappa shape index (κ2) is 7.53. The van der Waals surface area contributed by atoms with Crippen LogP contribution in [0.25, 0.3) is 11.1 Å². The van der Waals surface area contributed by atoms with Crippen LogP contribution in [0.3, 0.4) is 0 Å². The van der Waals surface area contributed by atoms with Crippen LogP contribution in [0.2, 0.25) is 5.02 Å². The highest BCUT2D eigenvalue weighted by Gasteiger charge is 2.19. The van der Waals surface area contributed by atoms with Crippen LogP contribution in [0, 0.1) is 11.6 Å². The Labute approximate surface area is 138 Å². The van der Waals surface area contributed by atoms with E-state index in [2.05, 4.69) is 0 Å². The third-order valence-corrected chi connectivity index (χ3v) is 3.64. The van der Waals surface area contributed by atoms with Crippen LogP contribution in [-0.2, 0) is 9.53 Å². The predicted molar refractivity (Wildman–Crippen MR) is 85.0 cm³/mol. The Kier molecular flexibility index (Phi) is 5.69. The smallest absolute Gasteiger partial charge is 0.307 e. The van der Waals surface area contributed by atoms with Crippen molar-refractivity contribution in [3.8, 4) is 11.1 Å². The van der Waals surface area contributed by atoms with Crippen molar-refractivity contribution in [2.24, 2.45) is 5.73 Å². The highest BCUT2D eigenvalue weighted by molar-refractivity contribution is 6.31. The molecule has 0 spiro atoms. The number of carbonyl (C=O) groups excluding carboxylic acids is 1. The van der Waals surface area contributed by atoms with E-state index < -0.39 is 23.6 Å². The number of hydrogen-bond acceptors (Lipinski definition) is 3. The summed E-state index contributed by atoms with van der Waals surface area (Å²) in [7, 11) is 0. The van der Waals surface area contributed by atoms with E-state index in [0.29, 0.717) is 5.56 Å². The number of rotatable bonds is 5. The lowest BCUT2D eigenvalue weighted by atomic mass is 9.97. The zero-order valence-corrected chi connectivity index (χ0v) is 13.2. The first kappa shape index (κ1) is 17.4. The van der Waals surface area contributed by atoms with E-state index in [1.807, 2.05) is 0 Å². The normalized spacial score (nSPS) is 12.0. The van der Waals surface area contributed by atoms with Gasteiger partial charge in [-0.25, -0.2) is 8.78 Å². The molecule has 6 heteroatoms. The minimum Gasteiger partial charge on any atom is -0.466 e. The van der Waals surface area contributed by atoms with Crippen molar-refractivity contribution < 1.29 is 18.3 Å². The third kappa shape index (κ3) is 4.06. The molecule has 2 aromatic rings. The highest BCUT2D eigenvalue weighted by Crippen LogP contribution is 2.30. The van der Waals surface area contributed by atoms with E-state index in [9.17, 15) is 13.6 Å². The topological polar surface area (TPSA) is 52.3 Å². The van der Waals surface area contributed by atoms with Crippen molar-refractivity contribution in [1.29, 1.82) is 0 Å². The summed E-state index contributed by atoms with van der Waals surface area (Å²) in [6, 6.07) is 7.78. The molecule has 2 rings (SSSR count). The number of hydrogen-bond donors (Lipinski definition) is 1. The van der Waals surface area contributed by atoms with Gasteiger partial charge in [-0.2, -0.15) is 0 Å². The van der Waals surface area contributed by atoms with Gasteiger partial charge in [-0.05, 0) is 24.6 Å². The fourth-order valence-corrected chi connectivity index (χ4v) is 2.41. The van der Waals surface area contributed by atoms with Crippen LogP contribution >= 0.6 is 11.6 Å². The van der Waals surface area contributed by atoms with Gasteiger partial charge in [0, 0.05) is 17.2 Å². The molecular weight excluding hydrogens is 324 g/mol. The van der Waals surface area contributed by atoms with Gasteiger partial charge < -0.3 is 10.5 Å². The molecule has 0 saturated carbocycles. The Balaban J connectivity index is 2.34. The summed E-state index contributed by atoms with van der Waals surface area (Å²) in [5.74, 6) is -1.63. The number of halogens is 3. The first-order chi connectivity index (χ1) is 10.9. The molecule has 0 bridgehead atoms. The van der Waals surface area contributed by atoms with E-state index in [-0.39, 0.29) is 29.2 Å². The van der Waals surface area contributed by atoms with Crippen molar-refractivity contribution in [3.05, 3.63) is 58.6 Å². The molecule has 122 valence electrons. The zero-order chi connectivity index (χ0) is 17.0. The van der Waals surface area contributed by atoms with Crippen molar-refractivity contribution in [1.82, 2.24) is 0 Å². The maximum Gasteiger partial charge on any atom is 0.307 e. The summed E-state index contributed by atoms with van der Waals surface area (Å²) in [6.07, 6.45) is -0.127. The lowest BCUT2D eigenvalue weighted by molar-refractivity contribution is -0.143. The van der Waals surface area contributed by atoms with Gasteiger partial charge in [-0.15, -0.1) is 0 Å². The van der Waals surface area contributed by atoms with Crippen molar-refractivity contribution in [2.45, 2.75) is 19.4 Å². The molecular formula is C17H16ClF2NO2. The van der Waals surface area contributed by atoms with E-state index in [4.69, 9.17) is 22.1 Å². The van der Waals surface area contributed by atoms with Gasteiger partial charge in [-0.3, -0.25) is 4.79 Å². The van der Waals surface area contributed by atoms with Crippen molar-refractivity contribution in [3.63, 3.8) is 0 Å². The minimum atomic E-state index is -0.829. The van der Waals surface area contributed by atoms with Gasteiger partial charge in [0.1, 0.15) is 11.6 Å². The molecule has 0 aliphatic rings. The summed E-state index contributed by atoms with van der Waals surface area (Å²) in [5.41, 5.74) is 6.76. The fourth-order valence-electron chi connectivity index (χ4n) is 2.23. The Morgan fingerprint density at radius 2 is 2.04 bits per heavy atom. The van der Waals surface area contributed by atoms with E-state index in [0.717, 1.165) is 0 Å². The standard InChI is InChI=1S/C17H16ClF2NO2/c1-2-23-16(22)9-15(21)12-5-3-4-11(17(12)20)10-6-7-14(19)13(18)8-10/h3-8,15H,2,9,21H2,1H3. The highest BCUT2D eigenvalue weighted by atomic mass is 35.5. The molecule has 1 atom stereocenters. The number of carbonyl (C=O) groups is 1. The van der Waals surface area contributed by atoms with Crippen LogP contribution in [0.5, 0.6) is 0 Å². The van der Waals surface area contributed by atoms with Gasteiger partial charge >= 0.3 is 5.97 Å². The number of ether oxygens (including phenoxy) is 1. The average molecular weight is 340 g/mol. The van der Waals surface area contributed by atoms with Gasteiger partial charge in [0.25, 0.3) is 0 Å². The maximum absolute atomic E-state index is 14.7. The quantitative estimate of drug-likeness (QED) is 0.829. The first-order valence-electron chi connectivity index (χ1n) is 7.09. The van der Waals surface area contributed by atoms with Crippen LogP contribution in [-0.4, -0.2) is 12.6 Å². The molecule has 1 unspecified atom stereocenters. The van der Waals surface area contributed by atoms with E-state index in [1.165, 1.54) is 24.3 Å². The molecule has 3 nitrogen and oxygen atoms in total. The van der Waals surface area contributed by atoms with Gasteiger partial charge in [0.05, 0.1) is 18.1 Å². The second-order valence-electron chi connectivity index (χ2n) is 4.95. The fraction of sp³-hybridized carbons (Fsp3) is 0.235. The Bertz CT molecular complexity index is 722. The van der Waals surface area contributed by atoms with Crippen LogP contribution < -0.4 is 5.73 Å². The van der Waals surface area contributed by atoms with Gasteiger partial charge in [-0.1, -0.05) is 35.9 Å². The molecule has 0 aliphatic heterocycles. The Hall–Kier alpha value is -1.98. The summed E-state index contributed by atoms with van der Waals surface area (Å²) >= 11 is 5.74. The summed E-state index contributed by atoms with van der Waals surface area (Å²) in [4.78, 5) is 11.5. The molecule has 0 aliphatic carbocycles. The molecule has 0 radical (unpaired) electrons. The Morgan fingerprint density at radius 1 is 1.30 bits per heavy atom. The lowest BCUT2D eigenvalue weighted by Gasteiger charge is -2.15. The molecule has 0 aromatic heterocycles. The molecule has 0 fully saturated rings. The lowest BCUT2D eigenvalue weighted by Crippen LogP contribution is -2.18. The SMILES string of the molecule is CCOC(=O)CC(N)c1cccc(-c2ccc(F)c(Cl)c2)c1F. The molecule has 2 N–H and O–H groups in total. The average Bonchev–Trinajstić information content (AvgIpc) is 2.50. The van der Waals surface area contributed by atoms with Crippen LogP contribution in [0.4, 0.5) is 8.78 Å². The monoisotopic (exact) mass is 339 g/mol. The molecule has 0 saturated heterocycles. The second-order valence-corrected chi connectivity index (χ2v) is 5.36. The van der Waals surface area contributed by atoms with Crippen molar-refractivity contribution in [2.75, 3.05) is 6.61 Å².